The van der Waals surface area contributed by atoms with Crippen molar-refractivity contribution in [1.29, 1.82) is 0 Å². The minimum absolute atomic E-state index is 0.0809. The minimum atomic E-state index is -2.33. The second-order valence-electron chi connectivity index (χ2n) is 17.8. The number of amides is 1. The Morgan fingerprint density at radius 3 is 1.95 bits per heavy atom. The van der Waals surface area contributed by atoms with E-state index in [-0.39, 0.29) is 24.2 Å². The van der Waals surface area contributed by atoms with E-state index in [2.05, 4.69) is 5.32 Å². The van der Waals surface area contributed by atoms with Gasteiger partial charge in [-0.2, -0.15) is 0 Å². The molecule has 1 heterocycles. The third kappa shape index (κ3) is 7.37. The van der Waals surface area contributed by atoms with E-state index >= 15 is 4.79 Å². The number of ether oxygens (including phenoxy) is 5. The lowest BCUT2D eigenvalue weighted by Gasteiger charge is -2.69. The summed E-state index contributed by atoms with van der Waals surface area (Å²) in [5.41, 5.74) is -6.93. The highest BCUT2D eigenvalue weighted by Gasteiger charge is 2.79. The summed E-state index contributed by atoms with van der Waals surface area (Å²) in [5.74, 6) is -8.77. The molecule has 4 aliphatic rings. The first-order valence-electron chi connectivity index (χ1n) is 20.8. The molecule has 62 heavy (non-hydrogen) atoms. The molecule has 1 aliphatic heterocycles. The maximum Gasteiger partial charge on any atom is 0.338 e. The SMILES string of the molecule is CC(=O)OC1C(=O)C2(C)C(O)CC3OCC3(OC(C)=O)C2C(OC(=O)c2ccccc2)C2(O)CC(OC(=O)C(O)C(NC(=O)c3ccccc3)c3ccccc3)C(C)C1C2(C)C. The Kier molecular flexibility index (Phi) is 12.0. The predicted molar refractivity (Wildman–Crippen MR) is 218 cm³/mol. The lowest BCUT2D eigenvalue weighted by Crippen LogP contribution is -2.83. The van der Waals surface area contributed by atoms with Crippen LogP contribution in [0.4, 0.5) is 0 Å². The van der Waals surface area contributed by atoms with Gasteiger partial charge in [0, 0.05) is 49.5 Å². The number of carbonyl (C=O) groups is 6. The number of fused-ring (bicyclic) bond motifs is 5. The molecule has 2 bridgehead atoms. The number of ketones is 1. The number of hydrogen-bond acceptors (Lipinski definition) is 14. The van der Waals surface area contributed by atoms with E-state index in [1.165, 1.54) is 19.1 Å². The molecule has 3 aromatic carbocycles. The van der Waals surface area contributed by atoms with E-state index in [1.54, 1.807) is 99.6 Å². The molecule has 4 fully saturated rings. The first-order valence-corrected chi connectivity index (χ1v) is 20.8. The van der Waals surface area contributed by atoms with E-state index in [4.69, 9.17) is 23.7 Å². The number of benzene rings is 3. The number of nitrogens with one attached hydrogen (secondary N) is 1. The average Bonchev–Trinajstić information content (AvgIpc) is 3.24. The van der Waals surface area contributed by atoms with Crippen molar-refractivity contribution < 1.29 is 67.8 Å². The zero-order valence-electron chi connectivity index (χ0n) is 35.4. The summed E-state index contributed by atoms with van der Waals surface area (Å²) in [6.07, 6.45) is -10.1. The third-order valence-electron chi connectivity index (χ3n) is 14.0. The Morgan fingerprint density at radius 1 is 0.823 bits per heavy atom. The molecule has 0 aromatic heterocycles. The Labute approximate surface area is 359 Å². The van der Waals surface area contributed by atoms with Crippen LogP contribution in [0.25, 0.3) is 0 Å². The molecular weight excluding hydrogens is 803 g/mol. The highest BCUT2D eigenvalue weighted by atomic mass is 16.6. The van der Waals surface area contributed by atoms with E-state index in [1.807, 2.05) is 0 Å². The normalized spacial score (nSPS) is 34.2. The summed E-state index contributed by atoms with van der Waals surface area (Å²) in [7, 11) is 0. The van der Waals surface area contributed by atoms with Gasteiger partial charge in [0.1, 0.15) is 23.9 Å². The van der Waals surface area contributed by atoms with Gasteiger partial charge in [0.25, 0.3) is 5.91 Å². The van der Waals surface area contributed by atoms with Crippen LogP contribution < -0.4 is 5.32 Å². The van der Waals surface area contributed by atoms with Crippen molar-refractivity contribution in [3.8, 4) is 0 Å². The van der Waals surface area contributed by atoms with Crippen molar-refractivity contribution in [2.75, 3.05) is 6.61 Å². The standard InChI is InChI=1S/C47H53NO14/c1-25-31(60-43(56)36(52)35(28-16-10-7-11-17-28)48-41(54)29-18-12-8-13-19-29)23-47(57)40(61-42(55)30-20-14-9-15-21-30)38-45(6,32(51)22-33-46(38,24-58-33)62-27(3)50)39(53)37(59-26(2)49)34(25)44(47,4)5/h7-21,25,31-38,40,51-52,57H,22-24H2,1-6H3,(H,48,54). The first kappa shape index (κ1) is 44.6. The Bertz CT molecular complexity index is 2200. The van der Waals surface area contributed by atoms with Crippen LogP contribution in [0.1, 0.15) is 86.7 Å². The molecule has 15 nitrogen and oxygen atoms in total. The van der Waals surface area contributed by atoms with E-state index in [0.717, 1.165) is 13.8 Å². The van der Waals surface area contributed by atoms with Gasteiger partial charge in [-0.25, -0.2) is 9.59 Å². The van der Waals surface area contributed by atoms with E-state index < -0.39 is 124 Å². The molecule has 15 heteroatoms. The zero-order valence-corrected chi connectivity index (χ0v) is 35.4. The van der Waals surface area contributed by atoms with Crippen molar-refractivity contribution in [2.45, 2.75) is 108 Å². The number of aliphatic hydroxyl groups is 3. The zero-order chi connectivity index (χ0) is 44.9. The lowest BCUT2D eigenvalue weighted by molar-refractivity contribution is -0.355. The molecule has 3 aliphatic carbocycles. The van der Waals surface area contributed by atoms with Crippen LogP contribution in [-0.2, 0) is 42.9 Å². The van der Waals surface area contributed by atoms with Gasteiger partial charge in [0.2, 0.25) is 0 Å². The van der Waals surface area contributed by atoms with Crippen molar-refractivity contribution in [2.24, 2.45) is 28.6 Å². The number of esters is 4. The fourth-order valence-corrected chi connectivity index (χ4v) is 10.8. The molecule has 1 saturated heterocycles. The number of Topliss-reactive ketones (excluding diaryl/α,β-unsaturated/α-hetero) is 1. The second-order valence-corrected chi connectivity index (χ2v) is 17.8. The first-order chi connectivity index (χ1) is 29.3. The molecule has 7 rings (SSSR count). The van der Waals surface area contributed by atoms with Crippen LogP contribution in [0, 0.1) is 28.6 Å². The number of hydrogen-bond donors (Lipinski definition) is 4. The smallest absolute Gasteiger partial charge is 0.338 e. The van der Waals surface area contributed by atoms with Gasteiger partial charge >= 0.3 is 23.9 Å². The maximum atomic E-state index is 15.5. The summed E-state index contributed by atoms with van der Waals surface area (Å²) >= 11 is 0. The topological polar surface area (TPSA) is 221 Å². The van der Waals surface area contributed by atoms with E-state index in [0.29, 0.717) is 5.56 Å². The monoisotopic (exact) mass is 855 g/mol. The average molecular weight is 856 g/mol. The Balaban J connectivity index is 1.36. The van der Waals surface area contributed by atoms with Crippen LogP contribution >= 0.6 is 0 Å². The molecule has 1 amide bonds. The molecule has 4 N–H and O–H groups in total. The molecule has 13 atom stereocenters. The molecule has 330 valence electrons. The molecule has 0 spiro atoms. The predicted octanol–water partition coefficient (Wildman–Crippen LogP) is 3.67. The van der Waals surface area contributed by atoms with Crippen molar-refractivity contribution in [3.63, 3.8) is 0 Å². The quantitative estimate of drug-likeness (QED) is 0.169. The van der Waals surface area contributed by atoms with Crippen molar-refractivity contribution >= 4 is 35.6 Å². The van der Waals surface area contributed by atoms with Crippen molar-refractivity contribution in [1.82, 2.24) is 5.32 Å². The third-order valence-corrected chi connectivity index (χ3v) is 14.0. The summed E-state index contributed by atoms with van der Waals surface area (Å²) in [5, 5.41) is 40.3. The lowest BCUT2D eigenvalue weighted by atomic mass is 9.42. The molecule has 3 saturated carbocycles. The molecule has 3 aromatic rings. The van der Waals surface area contributed by atoms with Crippen LogP contribution in [0.2, 0.25) is 0 Å². The van der Waals surface area contributed by atoms with Gasteiger partial charge in [0.15, 0.2) is 23.6 Å². The van der Waals surface area contributed by atoms with E-state index in [9.17, 15) is 39.3 Å². The van der Waals surface area contributed by atoms with Crippen LogP contribution in [0.15, 0.2) is 91.0 Å². The Morgan fingerprint density at radius 2 is 1.40 bits per heavy atom. The highest BCUT2D eigenvalue weighted by Crippen LogP contribution is 2.65. The van der Waals surface area contributed by atoms with Crippen LogP contribution in [0.5, 0.6) is 0 Å². The van der Waals surface area contributed by atoms with Gasteiger partial charge in [-0.15, -0.1) is 0 Å². The summed E-state index contributed by atoms with van der Waals surface area (Å²) in [6.45, 7) is 8.28. The second kappa shape index (κ2) is 16.7. The molecule has 13 unspecified atom stereocenters. The minimum Gasteiger partial charge on any atom is -0.460 e. The largest absolute Gasteiger partial charge is 0.460 e. The molecule has 0 radical (unpaired) electrons. The van der Waals surface area contributed by atoms with Gasteiger partial charge in [-0.1, -0.05) is 87.5 Å². The molecular formula is C47H53NO14. The van der Waals surface area contributed by atoms with Crippen molar-refractivity contribution in [3.05, 3.63) is 108 Å². The summed E-state index contributed by atoms with van der Waals surface area (Å²) in [6, 6.07) is 23.1. The van der Waals surface area contributed by atoms with Crippen LogP contribution in [0.3, 0.4) is 0 Å². The fourth-order valence-electron chi connectivity index (χ4n) is 10.8. The van der Waals surface area contributed by atoms with Gasteiger partial charge in [-0.3, -0.25) is 19.2 Å². The number of aliphatic hydroxyl groups excluding tert-OH is 2. The van der Waals surface area contributed by atoms with Gasteiger partial charge in [-0.05, 0) is 36.8 Å². The number of carbonyl (C=O) groups excluding carboxylic acids is 6. The maximum absolute atomic E-state index is 15.5. The number of rotatable bonds is 10. The van der Waals surface area contributed by atoms with Crippen LogP contribution in [-0.4, -0.2) is 105 Å². The van der Waals surface area contributed by atoms with Gasteiger partial charge in [0.05, 0.1) is 35.6 Å². The highest BCUT2D eigenvalue weighted by molar-refractivity contribution is 5.95. The summed E-state index contributed by atoms with van der Waals surface area (Å²) < 4.78 is 30.4. The fraction of sp³-hybridized carbons (Fsp3) is 0.489. The Hall–Kier alpha value is -5.48. The van der Waals surface area contributed by atoms with Gasteiger partial charge < -0.3 is 44.3 Å². The summed E-state index contributed by atoms with van der Waals surface area (Å²) in [4.78, 5) is 83.6.